The molecule has 0 amide bonds. The van der Waals surface area contributed by atoms with E-state index in [1.54, 1.807) is 24.3 Å². The molecular weight excluding hydrogens is 174 g/mol. The Morgan fingerprint density at radius 3 is 2.50 bits per heavy atom. The van der Waals surface area contributed by atoms with Crippen LogP contribution in [0.1, 0.15) is 12.5 Å². The van der Waals surface area contributed by atoms with Gasteiger partial charge in [-0.2, -0.15) is 0 Å². The molecule has 0 atom stereocenters. The third kappa shape index (κ3) is 2.24. The summed E-state index contributed by atoms with van der Waals surface area (Å²) in [6, 6.07) is 7.01. The van der Waals surface area contributed by atoms with Gasteiger partial charge >= 0.3 is 0 Å². The van der Waals surface area contributed by atoms with Gasteiger partial charge in [0.2, 0.25) is 5.90 Å². The highest BCUT2D eigenvalue weighted by Gasteiger charge is 1.99. The number of rotatable bonds is 2. The van der Waals surface area contributed by atoms with Crippen molar-refractivity contribution >= 4 is 17.5 Å². The summed E-state index contributed by atoms with van der Waals surface area (Å²) in [7, 11) is 0. The summed E-state index contributed by atoms with van der Waals surface area (Å²) in [4.78, 5) is 0. The van der Waals surface area contributed by atoms with E-state index >= 15 is 0 Å². The Bertz CT molecular complexity index is 268. The van der Waals surface area contributed by atoms with Crippen LogP contribution in [0, 0.1) is 5.41 Å². The number of hydrogen-bond acceptors (Lipinski definition) is 2. The highest BCUT2D eigenvalue weighted by Crippen LogP contribution is 2.10. The van der Waals surface area contributed by atoms with Gasteiger partial charge in [-0.1, -0.05) is 11.6 Å². The van der Waals surface area contributed by atoms with E-state index < -0.39 is 0 Å². The van der Waals surface area contributed by atoms with E-state index in [-0.39, 0.29) is 5.90 Å². The van der Waals surface area contributed by atoms with Gasteiger partial charge in [-0.25, -0.2) is 0 Å². The van der Waals surface area contributed by atoms with E-state index in [1.165, 1.54) is 0 Å². The summed E-state index contributed by atoms with van der Waals surface area (Å²) in [5.74, 6) is 0.189. The molecule has 1 N–H and O–H groups in total. The fourth-order valence-corrected chi connectivity index (χ4v) is 0.955. The summed E-state index contributed by atoms with van der Waals surface area (Å²) in [6.45, 7) is 2.37. The second-order valence-electron chi connectivity index (χ2n) is 2.27. The van der Waals surface area contributed by atoms with Crippen LogP contribution in [-0.4, -0.2) is 12.5 Å². The largest absolute Gasteiger partial charge is 0.478 e. The fraction of sp³-hybridized carbons (Fsp3) is 0.222. The SMILES string of the molecule is CCOC(=N)c1ccc(Cl)cc1. The summed E-state index contributed by atoms with van der Waals surface area (Å²) >= 11 is 5.68. The Kier molecular flexibility index (Phi) is 3.11. The van der Waals surface area contributed by atoms with Crippen LogP contribution in [0.5, 0.6) is 0 Å². The molecule has 2 nitrogen and oxygen atoms in total. The van der Waals surface area contributed by atoms with Crippen LogP contribution < -0.4 is 0 Å². The van der Waals surface area contributed by atoms with E-state index in [1.807, 2.05) is 6.92 Å². The third-order valence-electron chi connectivity index (χ3n) is 1.40. The average molecular weight is 184 g/mol. The van der Waals surface area contributed by atoms with Crippen molar-refractivity contribution in [1.82, 2.24) is 0 Å². The number of hydrogen-bond donors (Lipinski definition) is 1. The molecule has 0 bridgehead atoms. The smallest absolute Gasteiger partial charge is 0.213 e. The van der Waals surface area contributed by atoms with Gasteiger partial charge in [0.1, 0.15) is 0 Å². The number of ether oxygens (including phenoxy) is 1. The molecule has 0 saturated carbocycles. The average Bonchev–Trinajstić information content (AvgIpc) is 2.06. The first-order valence-electron chi connectivity index (χ1n) is 3.71. The molecule has 12 heavy (non-hydrogen) atoms. The lowest BCUT2D eigenvalue weighted by Crippen LogP contribution is -2.03. The molecular formula is C9H10ClNO. The molecule has 0 unspecified atom stereocenters. The van der Waals surface area contributed by atoms with E-state index in [0.717, 1.165) is 5.56 Å². The van der Waals surface area contributed by atoms with Crippen LogP contribution in [0.4, 0.5) is 0 Å². The van der Waals surface area contributed by atoms with Crippen LogP contribution in [0.2, 0.25) is 5.02 Å². The van der Waals surface area contributed by atoms with E-state index in [4.69, 9.17) is 21.7 Å². The van der Waals surface area contributed by atoms with Crippen molar-refractivity contribution in [2.75, 3.05) is 6.61 Å². The maximum Gasteiger partial charge on any atom is 0.213 e. The Balaban J connectivity index is 2.75. The first-order chi connectivity index (χ1) is 5.74. The van der Waals surface area contributed by atoms with Gasteiger partial charge in [-0.05, 0) is 31.2 Å². The standard InChI is InChI=1S/C9H10ClNO/c1-2-12-9(11)7-3-5-8(10)6-4-7/h3-6,11H,2H2,1H3. The zero-order chi connectivity index (χ0) is 8.97. The first kappa shape index (κ1) is 9.07. The molecule has 0 aliphatic rings. The van der Waals surface area contributed by atoms with E-state index in [2.05, 4.69) is 0 Å². The fourth-order valence-electron chi connectivity index (χ4n) is 0.829. The zero-order valence-electron chi connectivity index (χ0n) is 6.80. The zero-order valence-corrected chi connectivity index (χ0v) is 7.56. The molecule has 0 saturated heterocycles. The van der Waals surface area contributed by atoms with Crippen LogP contribution in [0.15, 0.2) is 24.3 Å². The lowest BCUT2D eigenvalue weighted by atomic mass is 10.2. The van der Waals surface area contributed by atoms with Crippen LogP contribution in [0.25, 0.3) is 0 Å². The quantitative estimate of drug-likeness (QED) is 0.555. The van der Waals surface area contributed by atoms with Gasteiger partial charge in [-0.3, -0.25) is 5.41 Å². The van der Waals surface area contributed by atoms with Crippen molar-refractivity contribution in [2.45, 2.75) is 6.92 Å². The second-order valence-corrected chi connectivity index (χ2v) is 2.71. The van der Waals surface area contributed by atoms with Gasteiger partial charge in [-0.15, -0.1) is 0 Å². The molecule has 0 aliphatic carbocycles. The van der Waals surface area contributed by atoms with Crippen molar-refractivity contribution in [3.63, 3.8) is 0 Å². The number of nitrogens with one attached hydrogen (secondary N) is 1. The molecule has 0 spiro atoms. The van der Waals surface area contributed by atoms with Gasteiger partial charge < -0.3 is 4.74 Å². The minimum atomic E-state index is 0.189. The maximum atomic E-state index is 7.43. The first-order valence-corrected chi connectivity index (χ1v) is 4.09. The summed E-state index contributed by atoms with van der Waals surface area (Å²) in [5.41, 5.74) is 0.751. The molecule has 64 valence electrons. The summed E-state index contributed by atoms with van der Waals surface area (Å²) in [6.07, 6.45) is 0. The van der Waals surface area contributed by atoms with Crippen LogP contribution >= 0.6 is 11.6 Å². The highest BCUT2D eigenvalue weighted by atomic mass is 35.5. The highest BCUT2D eigenvalue weighted by molar-refractivity contribution is 6.30. The summed E-state index contributed by atoms with van der Waals surface area (Å²) < 4.78 is 5.01. The minimum absolute atomic E-state index is 0.189. The van der Waals surface area contributed by atoms with Gasteiger partial charge in [0.25, 0.3) is 0 Å². The van der Waals surface area contributed by atoms with Gasteiger partial charge in [0, 0.05) is 10.6 Å². The topological polar surface area (TPSA) is 33.1 Å². The predicted octanol–water partition coefficient (Wildman–Crippen LogP) is 2.70. The lowest BCUT2D eigenvalue weighted by molar-refractivity contribution is 0.325. The molecule has 0 radical (unpaired) electrons. The second kappa shape index (κ2) is 4.12. The van der Waals surface area contributed by atoms with E-state index in [0.29, 0.717) is 11.6 Å². The van der Waals surface area contributed by atoms with Crippen molar-refractivity contribution in [3.8, 4) is 0 Å². The normalized spacial score (nSPS) is 9.50. The molecule has 3 heteroatoms. The monoisotopic (exact) mass is 183 g/mol. The molecule has 1 aromatic rings. The minimum Gasteiger partial charge on any atom is -0.478 e. The van der Waals surface area contributed by atoms with Crippen molar-refractivity contribution in [3.05, 3.63) is 34.9 Å². The van der Waals surface area contributed by atoms with Crippen LogP contribution in [-0.2, 0) is 4.74 Å². The molecule has 0 heterocycles. The van der Waals surface area contributed by atoms with Gasteiger partial charge in [0.15, 0.2) is 0 Å². The Morgan fingerprint density at radius 2 is 2.00 bits per heavy atom. The van der Waals surface area contributed by atoms with Crippen molar-refractivity contribution < 1.29 is 4.74 Å². The number of halogens is 1. The molecule has 1 aromatic carbocycles. The van der Waals surface area contributed by atoms with E-state index in [9.17, 15) is 0 Å². The lowest BCUT2D eigenvalue weighted by Gasteiger charge is -2.03. The van der Waals surface area contributed by atoms with Crippen LogP contribution in [0.3, 0.4) is 0 Å². The molecule has 0 aliphatic heterocycles. The Hall–Kier alpha value is -1.02. The molecule has 0 fully saturated rings. The molecule has 1 rings (SSSR count). The maximum absolute atomic E-state index is 7.43. The van der Waals surface area contributed by atoms with Gasteiger partial charge in [0.05, 0.1) is 6.61 Å². The number of benzene rings is 1. The van der Waals surface area contributed by atoms with Crippen molar-refractivity contribution in [2.24, 2.45) is 0 Å². The summed E-state index contributed by atoms with van der Waals surface area (Å²) in [5, 5.41) is 8.10. The Labute approximate surface area is 76.6 Å². The molecule has 0 aromatic heterocycles. The van der Waals surface area contributed by atoms with Crippen molar-refractivity contribution in [1.29, 1.82) is 5.41 Å². The predicted molar refractivity (Wildman–Crippen MR) is 49.9 cm³/mol. The third-order valence-corrected chi connectivity index (χ3v) is 1.65. The Morgan fingerprint density at radius 1 is 1.42 bits per heavy atom.